The fourth-order valence-corrected chi connectivity index (χ4v) is 4.46. The second kappa shape index (κ2) is 8.47. The highest BCUT2D eigenvalue weighted by molar-refractivity contribution is 7.09. The van der Waals surface area contributed by atoms with Crippen molar-refractivity contribution >= 4 is 28.0 Å². The number of piperazine rings is 1. The van der Waals surface area contributed by atoms with Crippen LogP contribution in [-0.4, -0.2) is 58.2 Å². The fourth-order valence-electron chi connectivity index (χ4n) is 3.76. The van der Waals surface area contributed by atoms with Crippen molar-refractivity contribution in [3.63, 3.8) is 0 Å². The third-order valence-corrected chi connectivity index (χ3v) is 6.37. The molecule has 2 aromatic heterocycles. The predicted molar refractivity (Wildman–Crippen MR) is 117 cm³/mol. The maximum atomic E-state index is 13.3. The highest BCUT2D eigenvalue weighted by atomic mass is 32.1. The fraction of sp³-hybridized carbons (Fsp3) is 0.409. The van der Waals surface area contributed by atoms with Crippen LogP contribution in [0.5, 0.6) is 0 Å². The van der Waals surface area contributed by atoms with E-state index in [1.54, 1.807) is 17.4 Å². The molecule has 0 aliphatic carbocycles. The second-order valence-electron chi connectivity index (χ2n) is 7.70. The van der Waals surface area contributed by atoms with Crippen LogP contribution in [0.25, 0.3) is 10.8 Å². The third kappa shape index (κ3) is 4.11. The van der Waals surface area contributed by atoms with E-state index in [1.165, 1.54) is 9.56 Å². The first kappa shape index (κ1) is 19.8. The molecule has 0 saturated carbocycles. The van der Waals surface area contributed by atoms with Gasteiger partial charge < -0.3 is 4.90 Å². The van der Waals surface area contributed by atoms with Gasteiger partial charge in [-0.1, -0.05) is 24.3 Å². The molecule has 1 aliphatic heterocycles. The molecule has 152 valence electrons. The van der Waals surface area contributed by atoms with Gasteiger partial charge in [0.05, 0.1) is 11.4 Å². The molecule has 1 aliphatic rings. The minimum atomic E-state index is -0.148. The SMILES string of the molecule is CC(C)n1nc(C(=O)N2CCN(CCc3cccs3)CC2)c2ccccc2c1=O. The number of hydrogen-bond acceptors (Lipinski definition) is 5. The molecule has 0 spiro atoms. The van der Waals surface area contributed by atoms with Gasteiger partial charge in [0.2, 0.25) is 0 Å². The standard InChI is InChI=1S/C22H26N4O2S/c1-16(2)26-21(27)19-8-4-3-7-18(19)20(23-26)22(28)25-13-11-24(12-14-25)10-9-17-6-5-15-29-17/h3-8,15-16H,9-14H2,1-2H3. The number of nitrogens with zero attached hydrogens (tertiary/aromatic N) is 4. The van der Waals surface area contributed by atoms with Gasteiger partial charge in [-0.25, -0.2) is 4.68 Å². The molecule has 0 radical (unpaired) electrons. The Hall–Kier alpha value is -2.51. The Morgan fingerprint density at radius 2 is 1.79 bits per heavy atom. The molecule has 3 heterocycles. The van der Waals surface area contributed by atoms with Gasteiger partial charge in [0.1, 0.15) is 0 Å². The highest BCUT2D eigenvalue weighted by Gasteiger charge is 2.26. The second-order valence-corrected chi connectivity index (χ2v) is 8.73. The van der Waals surface area contributed by atoms with Crippen molar-refractivity contribution in [2.24, 2.45) is 0 Å². The van der Waals surface area contributed by atoms with E-state index in [4.69, 9.17) is 0 Å². The zero-order valence-corrected chi connectivity index (χ0v) is 17.7. The van der Waals surface area contributed by atoms with Gasteiger partial charge in [-0.05, 0) is 37.8 Å². The lowest BCUT2D eigenvalue weighted by molar-refractivity contribution is 0.0632. The maximum Gasteiger partial charge on any atom is 0.275 e. The Morgan fingerprint density at radius 1 is 1.07 bits per heavy atom. The van der Waals surface area contributed by atoms with Crippen LogP contribution in [0.1, 0.15) is 35.3 Å². The average molecular weight is 411 g/mol. The van der Waals surface area contributed by atoms with E-state index < -0.39 is 0 Å². The Labute approximate surface area is 174 Å². The molecule has 7 heteroatoms. The van der Waals surface area contributed by atoms with E-state index in [0.717, 1.165) is 26.1 Å². The molecule has 0 unspecified atom stereocenters. The molecule has 29 heavy (non-hydrogen) atoms. The summed E-state index contributed by atoms with van der Waals surface area (Å²) < 4.78 is 1.42. The van der Waals surface area contributed by atoms with Crippen molar-refractivity contribution in [3.8, 4) is 0 Å². The summed E-state index contributed by atoms with van der Waals surface area (Å²) in [6.07, 6.45) is 1.05. The van der Waals surface area contributed by atoms with E-state index >= 15 is 0 Å². The number of amides is 1. The molecular formula is C22H26N4O2S. The van der Waals surface area contributed by atoms with Gasteiger partial charge in [0.15, 0.2) is 5.69 Å². The summed E-state index contributed by atoms with van der Waals surface area (Å²) in [5, 5.41) is 7.76. The van der Waals surface area contributed by atoms with Crippen LogP contribution in [0.4, 0.5) is 0 Å². The summed E-state index contributed by atoms with van der Waals surface area (Å²) >= 11 is 1.79. The van der Waals surface area contributed by atoms with Gasteiger partial charge in [0, 0.05) is 43.0 Å². The molecule has 3 aromatic rings. The number of fused-ring (bicyclic) bond motifs is 1. The van der Waals surface area contributed by atoms with Gasteiger partial charge in [-0.2, -0.15) is 5.10 Å². The lowest BCUT2D eigenvalue weighted by Gasteiger charge is -2.34. The number of carbonyl (C=O) groups excluding carboxylic acids is 1. The molecule has 1 aromatic carbocycles. The summed E-state index contributed by atoms with van der Waals surface area (Å²) in [5.41, 5.74) is 0.228. The molecule has 0 bridgehead atoms. The first-order chi connectivity index (χ1) is 14.0. The van der Waals surface area contributed by atoms with Gasteiger partial charge in [0.25, 0.3) is 11.5 Å². The van der Waals surface area contributed by atoms with Crippen LogP contribution in [0.3, 0.4) is 0 Å². The highest BCUT2D eigenvalue weighted by Crippen LogP contribution is 2.18. The smallest absolute Gasteiger partial charge is 0.275 e. The summed E-state index contributed by atoms with van der Waals surface area (Å²) in [6.45, 7) is 7.91. The summed E-state index contributed by atoms with van der Waals surface area (Å²) in [5.74, 6) is -0.0893. The lowest BCUT2D eigenvalue weighted by atomic mass is 10.1. The molecule has 1 amide bonds. The van der Waals surface area contributed by atoms with Crippen LogP contribution >= 0.6 is 11.3 Å². The van der Waals surface area contributed by atoms with Crippen LogP contribution < -0.4 is 5.56 Å². The minimum Gasteiger partial charge on any atom is -0.335 e. The summed E-state index contributed by atoms with van der Waals surface area (Å²) in [4.78, 5) is 31.7. The number of carbonyl (C=O) groups is 1. The average Bonchev–Trinajstić information content (AvgIpc) is 3.26. The van der Waals surface area contributed by atoms with Crippen LogP contribution in [0, 0.1) is 0 Å². The topological polar surface area (TPSA) is 58.4 Å². The predicted octanol–water partition coefficient (Wildman–Crippen LogP) is 3.04. The number of aromatic nitrogens is 2. The van der Waals surface area contributed by atoms with Crippen LogP contribution in [-0.2, 0) is 6.42 Å². The quantitative estimate of drug-likeness (QED) is 0.649. The molecule has 6 nitrogen and oxygen atoms in total. The van der Waals surface area contributed by atoms with Crippen LogP contribution in [0.2, 0.25) is 0 Å². The van der Waals surface area contributed by atoms with E-state index in [1.807, 2.05) is 36.9 Å². The normalized spacial score (nSPS) is 15.3. The zero-order chi connectivity index (χ0) is 20.4. The Bertz CT molecular complexity index is 1050. The number of hydrogen-bond donors (Lipinski definition) is 0. The van der Waals surface area contributed by atoms with Crippen LogP contribution in [0.15, 0.2) is 46.6 Å². The molecular weight excluding hydrogens is 384 g/mol. The molecule has 4 rings (SSSR count). The summed E-state index contributed by atoms with van der Waals surface area (Å²) in [7, 11) is 0. The molecule has 1 fully saturated rings. The Morgan fingerprint density at radius 3 is 2.45 bits per heavy atom. The summed E-state index contributed by atoms with van der Waals surface area (Å²) in [6, 6.07) is 11.4. The largest absolute Gasteiger partial charge is 0.335 e. The van der Waals surface area contributed by atoms with E-state index in [0.29, 0.717) is 29.6 Å². The maximum absolute atomic E-state index is 13.3. The van der Waals surface area contributed by atoms with Gasteiger partial charge in [-0.3, -0.25) is 14.5 Å². The van der Waals surface area contributed by atoms with E-state index in [-0.39, 0.29) is 17.5 Å². The van der Waals surface area contributed by atoms with Crippen molar-refractivity contribution in [2.45, 2.75) is 26.3 Å². The van der Waals surface area contributed by atoms with Gasteiger partial charge in [-0.15, -0.1) is 11.3 Å². The number of rotatable bonds is 5. The van der Waals surface area contributed by atoms with Crippen molar-refractivity contribution in [1.82, 2.24) is 19.6 Å². The van der Waals surface area contributed by atoms with Gasteiger partial charge >= 0.3 is 0 Å². The lowest BCUT2D eigenvalue weighted by Crippen LogP contribution is -2.49. The molecule has 1 saturated heterocycles. The molecule has 0 atom stereocenters. The van der Waals surface area contributed by atoms with Crippen molar-refractivity contribution in [2.75, 3.05) is 32.7 Å². The van der Waals surface area contributed by atoms with Crippen molar-refractivity contribution in [3.05, 3.63) is 62.7 Å². The van der Waals surface area contributed by atoms with Crippen molar-refractivity contribution < 1.29 is 4.79 Å². The van der Waals surface area contributed by atoms with Crippen molar-refractivity contribution in [1.29, 1.82) is 0 Å². The number of benzene rings is 1. The zero-order valence-electron chi connectivity index (χ0n) is 16.9. The first-order valence-corrected chi connectivity index (χ1v) is 11.0. The first-order valence-electron chi connectivity index (χ1n) is 10.1. The minimum absolute atomic E-state index is 0.0893. The Kier molecular flexibility index (Phi) is 5.78. The third-order valence-electron chi connectivity index (χ3n) is 5.43. The molecule has 0 N–H and O–H groups in total. The Balaban J connectivity index is 1.51. The number of thiophene rings is 1. The van der Waals surface area contributed by atoms with E-state index in [9.17, 15) is 9.59 Å². The van der Waals surface area contributed by atoms with E-state index in [2.05, 4.69) is 27.5 Å². The monoisotopic (exact) mass is 410 g/mol.